The highest BCUT2D eigenvalue weighted by Crippen LogP contribution is 2.34. The maximum atomic E-state index is 12.0. The van der Waals surface area contributed by atoms with Gasteiger partial charge in [0.25, 0.3) is 0 Å². The van der Waals surface area contributed by atoms with Gasteiger partial charge in [-0.2, -0.15) is 0 Å². The molecule has 1 atom stereocenters. The lowest BCUT2D eigenvalue weighted by molar-refractivity contribution is -0.134. The summed E-state index contributed by atoms with van der Waals surface area (Å²) in [7, 11) is 0. The minimum atomic E-state index is -0.594. The highest BCUT2D eigenvalue weighted by Gasteiger charge is 2.39. The lowest BCUT2D eigenvalue weighted by Gasteiger charge is -2.31. The summed E-state index contributed by atoms with van der Waals surface area (Å²) in [5.41, 5.74) is 1.54. The van der Waals surface area contributed by atoms with Crippen molar-refractivity contribution in [3.8, 4) is 0 Å². The van der Waals surface area contributed by atoms with E-state index in [4.69, 9.17) is 0 Å². The molecule has 1 aromatic rings. The third-order valence-electron chi connectivity index (χ3n) is 3.49. The molecule has 0 saturated heterocycles. The molecule has 0 spiro atoms. The number of carbonyl (C=O) groups excluding carboxylic acids is 2. The van der Waals surface area contributed by atoms with Gasteiger partial charge < -0.3 is 0 Å². The lowest BCUT2D eigenvalue weighted by Crippen LogP contribution is -2.39. The third-order valence-corrected chi connectivity index (χ3v) is 3.49. The molecule has 0 N–H and O–H groups in total. The predicted octanol–water partition coefficient (Wildman–Crippen LogP) is 2.57. The summed E-state index contributed by atoms with van der Waals surface area (Å²) >= 11 is 0. The van der Waals surface area contributed by atoms with Crippen LogP contribution in [-0.4, -0.2) is 11.6 Å². The molecule has 16 heavy (non-hydrogen) atoms. The normalized spacial score (nSPS) is 25.9. The fourth-order valence-electron chi connectivity index (χ4n) is 2.29. The Bertz CT molecular complexity index is 431. The summed E-state index contributed by atoms with van der Waals surface area (Å²) in [6, 6.07) is 7.91. The van der Waals surface area contributed by atoms with Crippen LogP contribution in [0.25, 0.3) is 0 Å². The molecule has 0 heterocycles. The Kier molecular flexibility index (Phi) is 2.66. The Morgan fingerprint density at radius 1 is 1.06 bits per heavy atom. The van der Waals surface area contributed by atoms with Crippen molar-refractivity contribution in [1.29, 1.82) is 0 Å². The Labute approximate surface area is 95.7 Å². The zero-order valence-electron chi connectivity index (χ0n) is 9.75. The van der Waals surface area contributed by atoms with Gasteiger partial charge in [-0.25, -0.2) is 0 Å². The van der Waals surface area contributed by atoms with Crippen LogP contribution < -0.4 is 0 Å². The first-order valence-corrected chi connectivity index (χ1v) is 5.64. The van der Waals surface area contributed by atoms with Crippen molar-refractivity contribution < 1.29 is 9.59 Å². The van der Waals surface area contributed by atoms with Crippen molar-refractivity contribution in [2.45, 2.75) is 38.5 Å². The van der Waals surface area contributed by atoms with Crippen molar-refractivity contribution in [3.05, 3.63) is 35.4 Å². The average Bonchev–Trinajstić information content (AvgIpc) is 2.25. The van der Waals surface area contributed by atoms with E-state index in [-0.39, 0.29) is 11.6 Å². The molecule has 0 bridgehead atoms. The fourth-order valence-corrected chi connectivity index (χ4v) is 2.29. The van der Waals surface area contributed by atoms with Gasteiger partial charge in [0, 0.05) is 19.3 Å². The second kappa shape index (κ2) is 3.85. The molecule has 1 aliphatic carbocycles. The molecule has 0 radical (unpaired) electrons. The minimum absolute atomic E-state index is 0.191. The second-order valence-electron chi connectivity index (χ2n) is 4.84. The zero-order chi connectivity index (χ0) is 11.8. The van der Waals surface area contributed by atoms with Crippen molar-refractivity contribution >= 4 is 11.6 Å². The van der Waals surface area contributed by atoms with Crippen LogP contribution in [0.2, 0.25) is 0 Å². The minimum Gasteiger partial charge on any atom is -0.300 e. The van der Waals surface area contributed by atoms with Gasteiger partial charge in [-0.3, -0.25) is 9.59 Å². The third kappa shape index (κ3) is 1.80. The van der Waals surface area contributed by atoms with E-state index in [9.17, 15) is 9.59 Å². The molecular formula is C14H16O2. The molecule has 0 amide bonds. The number of Topliss-reactive ketones (excluding diaryl/α,β-unsaturated/α-hetero) is 2. The molecule has 1 aromatic carbocycles. The highest BCUT2D eigenvalue weighted by atomic mass is 16.1. The van der Waals surface area contributed by atoms with Gasteiger partial charge in [0.1, 0.15) is 11.6 Å². The van der Waals surface area contributed by atoms with Crippen LogP contribution >= 0.6 is 0 Å². The van der Waals surface area contributed by atoms with E-state index in [0.29, 0.717) is 19.3 Å². The van der Waals surface area contributed by atoms with Crippen molar-refractivity contribution in [3.63, 3.8) is 0 Å². The largest absolute Gasteiger partial charge is 0.300 e. The summed E-state index contributed by atoms with van der Waals surface area (Å²) in [4.78, 5) is 23.5. The molecule has 1 fully saturated rings. The van der Waals surface area contributed by atoms with Crippen LogP contribution in [0, 0.1) is 6.92 Å². The standard InChI is InChI=1S/C14H16O2/c1-10-3-5-11(6-4-10)14(2)9-12(15)7-8-13(14)16/h3-6H,7-9H2,1-2H3. The van der Waals surface area contributed by atoms with Gasteiger partial charge in [-0.15, -0.1) is 0 Å². The van der Waals surface area contributed by atoms with E-state index in [1.807, 2.05) is 38.1 Å². The van der Waals surface area contributed by atoms with Crippen LogP contribution in [-0.2, 0) is 15.0 Å². The molecule has 2 heteroatoms. The van der Waals surface area contributed by atoms with E-state index in [1.54, 1.807) is 0 Å². The smallest absolute Gasteiger partial charge is 0.144 e. The molecular weight excluding hydrogens is 200 g/mol. The van der Waals surface area contributed by atoms with Crippen LogP contribution in [0.3, 0.4) is 0 Å². The number of rotatable bonds is 1. The monoisotopic (exact) mass is 216 g/mol. The van der Waals surface area contributed by atoms with E-state index >= 15 is 0 Å². The van der Waals surface area contributed by atoms with Gasteiger partial charge in [0.2, 0.25) is 0 Å². The Morgan fingerprint density at radius 2 is 1.69 bits per heavy atom. The van der Waals surface area contributed by atoms with Crippen LogP contribution in [0.1, 0.15) is 37.3 Å². The number of ketones is 2. The topological polar surface area (TPSA) is 34.1 Å². The van der Waals surface area contributed by atoms with E-state index in [2.05, 4.69) is 0 Å². The Balaban J connectivity index is 2.39. The Hall–Kier alpha value is -1.44. The first kappa shape index (κ1) is 11.1. The number of aryl methyl sites for hydroxylation is 1. The predicted molar refractivity (Wildman–Crippen MR) is 62.4 cm³/mol. The van der Waals surface area contributed by atoms with Crippen molar-refractivity contribution in [2.75, 3.05) is 0 Å². The first-order chi connectivity index (χ1) is 7.52. The molecule has 2 nitrogen and oxygen atoms in total. The summed E-state index contributed by atoms with van der Waals surface area (Å²) < 4.78 is 0. The molecule has 2 rings (SSSR count). The number of benzene rings is 1. The van der Waals surface area contributed by atoms with Crippen molar-refractivity contribution in [2.24, 2.45) is 0 Å². The van der Waals surface area contributed by atoms with Crippen LogP contribution in [0.4, 0.5) is 0 Å². The maximum absolute atomic E-state index is 12.0. The maximum Gasteiger partial charge on any atom is 0.144 e. The van der Waals surface area contributed by atoms with E-state index < -0.39 is 5.41 Å². The summed E-state index contributed by atoms with van der Waals surface area (Å²) in [5, 5.41) is 0. The summed E-state index contributed by atoms with van der Waals surface area (Å²) in [5.74, 6) is 0.388. The van der Waals surface area contributed by atoms with Crippen LogP contribution in [0.15, 0.2) is 24.3 Å². The van der Waals surface area contributed by atoms with E-state index in [1.165, 1.54) is 5.56 Å². The number of carbonyl (C=O) groups is 2. The number of hydrogen-bond acceptors (Lipinski definition) is 2. The molecule has 1 saturated carbocycles. The second-order valence-corrected chi connectivity index (χ2v) is 4.84. The molecule has 0 aromatic heterocycles. The lowest BCUT2D eigenvalue weighted by atomic mass is 9.69. The molecule has 1 aliphatic rings. The molecule has 1 unspecified atom stereocenters. The molecule has 84 valence electrons. The summed E-state index contributed by atoms with van der Waals surface area (Å²) in [6.07, 6.45) is 1.17. The number of hydrogen-bond donors (Lipinski definition) is 0. The quantitative estimate of drug-likeness (QED) is 0.723. The van der Waals surface area contributed by atoms with Gasteiger partial charge in [-0.05, 0) is 19.4 Å². The average molecular weight is 216 g/mol. The van der Waals surface area contributed by atoms with Crippen LogP contribution in [0.5, 0.6) is 0 Å². The first-order valence-electron chi connectivity index (χ1n) is 5.64. The van der Waals surface area contributed by atoms with Crippen molar-refractivity contribution in [1.82, 2.24) is 0 Å². The molecule has 0 aliphatic heterocycles. The van der Waals surface area contributed by atoms with Gasteiger partial charge in [-0.1, -0.05) is 29.8 Å². The van der Waals surface area contributed by atoms with Gasteiger partial charge in [0.05, 0.1) is 5.41 Å². The summed E-state index contributed by atoms with van der Waals surface area (Å²) in [6.45, 7) is 3.90. The highest BCUT2D eigenvalue weighted by molar-refractivity contribution is 6.00. The Morgan fingerprint density at radius 3 is 2.31 bits per heavy atom. The van der Waals surface area contributed by atoms with Gasteiger partial charge >= 0.3 is 0 Å². The van der Waals surface area contributed by atoms with Gasteiger partial charge in [0.15, 0.2) is 0 Å². The fraction of sp³-hybridized carbons (Fsp3) is 0.429. The SMILES string of the molecule is Cc1ccc(C2(C)CC(=O)CCC2=O)cc1. The van der Waals surface area contributed by atoms with E-state index in [0.717, 1.165) is 5.56 Å². The zero-order valence-corrected chi connectivity index (χ0v) is 9.75.